The van der Waals surface area contributed by atoms with E-state index in [9.17, 15) is 18.3 Å². The molecule has 2 aromatic carbocycles. The third-order valence-electron chi connectivity index (χ3n) is 8.06. The molecule has 0 unspecified atom stereocenters. The lowest BCUT2D eigenvalue weighted by Crippen LogP contribution is -2.41. The Morgan fingerprint density at radius 3 is 2.21 bits per heavy atom. The number of aliphatic hydroxyl groups excluding tert-OH is 1. The molecule has 0 saturated carbocycles. The third-order valence-corrected chi connectivity index (χ3v) is 9.73. The molecule has 220 valence electrons. The standard InChI is InChI=1S/C31H36BN3O6S/c1-20-8-14-25(15-9-20)42(38,39)35-19-27(22-10-12-23(13-11-22)29(37)34(7)18-21(2)36)26-16-24(17-33-28(26)35)32-40-30(3,4)31(5,6)41-32/h8-17,19,21,36H,18H2,1-7H3/t21-/m0/s1. The van der Waals surface area contributed by atoms with E-state index in [1.807, 2.05) is 40.7 Å². The van der Waals surface area contributed by atoms with Crippen molar-refractivity contribution < 1.29 is 27.6 Å². The summed E-state index contributed by atoms with van der Waals surface area (Å²) in [5.41, 5.74) is 2.56. The van der Waals surface area contributed by atoms with Gasteiger partial charge in [0, 0.05) is 48.0 Å². The third kappa shape index (κ3) is 5.37. The molecule has 1 N–H and O–H groups in total. The van der Waals surface area contributed by atoms with Gasteiger partial charge in [0.1, 0.15) is 0 Å². The van der Waals surface area contributed by atoms with Crippen LogP contribution in [0.25, 0.3) is 22.2 Å². The van der Waals surface area contributed by atoms with E-state index >= 15 is 0 Å². The molecule has 1 saturated heterocycles. The minimum absolute atomic E-state index is 0.149. The van der Waals surface area contributed by atoms with Crippen LogP contribution in [-0.4, -0.2) is 71.3 Å². The number of aliphatic hydroxyl groups is 1. The number of likely N-dealkylation sites (N-methyl/N-ethyl adjacent to an activating group) is 1. The lowest BCUT2D eigenvalue weighted by atomic mass is 9.79. The molecule has 9 nitrogen and oxygen atoms in total. The summed E-state index contributed by atoms with van der Waals surface area (Å²) in [6, 6.07) is 15.5. The maximum absolute atomic E-state index is 13.8. The van der Waals surface area contributed by atoms with Crippen LogP contribution in [0.2, 0.25) is 0 Å². The predicted molar refractivity (Wildman–Crippen MR) is 163 cm³/mol. The van der Waals surface area contributed by atoms with Crippen LogP contribution in [0.15, 0.2) is 71.9 Å². The fourth-order valence-corrected chi connectivity index (χ4v) is 6.26. The van der Waals surface area contributed by atoms with Gasteiger partial charge in [-0.25, -0.2) is 17.4 Å². The highest BCUT2D eigenvalue weighted by atomic mass is 32.2. The van der Waals surface area contributed by atoms with Gasteiger partial charge in [-0.15, -0.1) is 0 Å². The number of hydrogen-bond donors (Lipinski definition) is 1. The Morgan fingerprint density at radius 2 is 1.64 bits per heavy atom. The first-order valence-electron chi connectivity index (χ1n) is 13.8. The zero-order valence-corrected chi connectivity index (χ0v) is 25.8. The Morgan fingerprint density at radius 1 is 1.05 bits per heavy atom. The van der Waals surface area contributed by atoms with Crippen molar-refractivity contribution in [2.24, 2.45) is 0 Å². The zero-order valence-electron chi connectivity index (χ0n) is 25.0. The van der Waals surface area contributed by atoms with Crippen molar-refractivity contribution in [1.82, 2.24) is 13.9 Å². The number of carbonyl (C=O) groups excluding carboxylic acids is 1. The van der Waals surface area contributed by atoms with Crippen LogP contribution in [0, 0.1) is 6.92 Å². The molecule has 1 aliphatic heterocycles. The monoisotopic (exact) mass is 589 g/mol. The minimum Gasteiger partial charge on any atom is -0.399 e. The Kier molecular flexibility index (Phi) is 7.60. The Hall–Kier alpha value is -3.51. The van der Waals surface area contributed by atoms with Gasteiger partial charge in [0.2, 0.25) is 0 Å². The first-order chi connectivity index (χ1) is 19.6. The van der Waals surface area contributed by atoms with Crippen molar-refractivity contribution in [3.8, 4) is 11.1 Å². The van der Waals surface area contributed by atoms with Gasteiger partial charge in [-0.3, -0.25) is 4.79 Å². The number of amides is 1. The van der Waals surface area contributed by atoms with Crippen molar-refractivity contribution in [1.29, 1.82) is 0 Å². The van der Waals surface area contributed by atoms with Gasteiger partial charge in [-0.2, -0.15) is 0 Å². The summed E-state index contributed by atoms with van der Waals surface area (Å²) >= 11 is 0. The second-order valence-corrected chi connectivity index (χ2v) is 13.8. The smallest absolute Gasteiger partial charge is 0.399 e. The highest BCUT2D eigenvalue weighted by Gasteiger charge is 2.52. The number of aryl methyl sites for hydroxylation is 1. The summed E-state index contributed by atoms with van der Waals surface area (Å²) < 4.78 is 41.3. The van der Waals surface area contributed by atoms with Crippen LogP contribution >= 0.6 is 0 Å². The Balaban J connectivity index is 1.62. The zero-order chi connectivity index (χ0) is 30.6. The van der Waals surface area contributed by atoms with Crippen LogP contribution in [0.1, 0.15) is 50.5 Å². The first-order valence-corrected chi connectivity index (χ1v) is 15.3. The van der Waals surface area contributed by atoms with Gasteiger partial charge in [-0.1, -0.05) is 29.8 Å². The van der Waals surface area contributed by atoms with Crippen LogP contribution < -0.4 is 5.46 Å². The largest absolute Gasteiger partial charge is 0.496 e. The molecule has 42 heavy (non-hydrogen) atoms. The van der Waals surface area contributed by atoms with Gasteiger partial charge in [0.15, 0.2) is 5.65 Å². The number of aromatic nitrogens is 2. The molecule has 1 fully saturated rings. The number of nitrogens with zero attached hydrogens (tertiary/aromatic N) is 3. The highest BCUT2D eigenvalue weighted by molar-refractivity contribution is 7.90. The molecular weight excluding hydrogens is 553 g/mol. The van der Waals surface area contributed by atoms with E-state index in [1.165, 1.54) is 8.87 Å². The van der Waals surface area contributed by atoms with Crippen LogP contribution in [0.4, 0.5) is 0 Å². The number of hydrogen-bond acceptors (Lipinski definition) is 7. The molecule has 1 atom stereocenters. The summed E-state index contributed by atoms with van der Waals surface area (Å²) in [6.07, 6.45) is 2.51. The van der Waals surface area contributed by atoms with Crippen molar-refractivity contribution in [3.63, 3.8) is 0 Å². The molecular formula is C31H36BN3O6S. The predicted octanol–water partition coefficient (Wildman–Crippen LogP) is 4.00. The van der Waals surface area contributed by atoms with E-state index < -0.39 is 34.4 Å². The number of carbonyl (C=O) groups is 1. The molecule has 1 amide bonds. The molecule has 11 heteroatoms. The van der Waals surface area contributed by atoms with E-state index in [4.69, 9.17) is 9.31 Å². The summed E-state index contributed by atoms with van der Waals surface area (Å²) in [6.45, 7) is 11.6. The number of fused-ring (bicyclic) bond motifs is 1. The SMILES string of the molecule is Cc1ccc(S(=O)(=O)n2cc(-c3ccc(C(=O)N(C)C[C@H](C)O)cc3)c3cc(B4OC(C)(C)C(C)(C)O4)cnc32)cc1. The summed E-state index contributed by atoms with van der Waals surface area (Å²) in [4.78, 5) is 19.1. The molecule has 2 aromatic heterocycles. The van der Waals surface area contributed by atoms with Gasteiger partial charge in [0.05, 0.1) is 22.2 Å². The maximum Gasteiger partial charge on any atom is 0.496 e. The van der Waals surface area contributed by atoms with E-state index in [0.29, 0.717) is 27.5 Å². The first kappa shape index (κ1) is 30.0. The lowest BCUT2D eigenvalue weighted by Gasteiger charge is -2.32. The van der Waals surface area contributed by atoms with Crippen LogP contribution in [-0.2, 0) is 19.3 Å². The summed E-state index contributed by atoms with van der Waals surface area (Å²) in [7, 11) is -3.02. The van der Waals surface area contributed by atoms with Crippen LogP contribution in [0.3, 0.4) is 0 Å². The van der Waals surface area contributed by atoms with Crippen molar-refractivity contribution in [2.45, 2.75) is 63.7 Å². The van der Waals surface area contributed by atoms with Gasteiger partial charge in [0.25, 0.3) is 15.9 Å². The summed E-state index contributed by atoms with van der Waals surface area (Å²) in [5, 5.41) is 10.3. The minimum atomic E-state index is -3.98. The van der Waals surface area contributed by atoms with Gasteiger partial charge < -0.3 is 19.3 Å². The van der Waals surface area contributed by atoms with Crippen molar-refractivity contribution in [2.75, 3.05) is 13.6 Å². The maximum atomic E-state index is 13.8. The van der Waals surface area contributed by atoms with E-state index in [-0.39, 0.29) is 23.0 Å². The quantitative estimate of drug-likeness (QED) is 0.325. The molecule has 0 bridgehead atoms. The topological polar surface area (TPSA) is 111 Å². The molecule has 1 aliphatic rings. The number of rotatable bonds is 7. The second kappa shape index (κ2) is 10.6. The molecule has 5 rings (SSSR count). The van der Waals surface area contributed by atoms with Crippen molar-refractivity contribution >= 4 is 39.5 Å². The molecule has 0 spiro atoms. The van der Waals surface area contributed by atoms with Crippen LogP contribution in [0.5, 0.6) is 0 Å². The number of benzene rings is 2. The fraction of sp³-hybridized carbons (Fsp3) is 0.355. The normalized spacial score (nSPS) is 17.0. The second-order valence-electron chi connectivity index (χ2n) is 12.0. The average Bonchev–Trinajstić information content (AvgIpc) is 3.41. The Bertz CT molecular complexity index is 1730. The fourth-order valence-electron chi connectivity index (χ4n) is 4.93. The molecule has 4 aromatic rings. The average molecular weight is 590 g/mol. The van der Waals surface area contributed by atoms with Gasteiger partial charge in [-0.05, 0) is 77.4 Å². The van der Waals surface area contributed by atoms with Crippen molar-refractivity contribution in [3.05, 3.63) is 78.1 Å². The number of pyridine rings is 1. The molecule has 0 radical (unpaired) electrons. The molecule has 0 aliphatic carbocycles. The van der Waals surface area contributed by atoms with Gasteiger partial charge >= 0.3 is 7.12 Å². The Labute approximate surface area is 247 Å². The van der Waals surface area contributed by atoms with E-state index in [2.05, 4.69) is 4.98 Å². The molecule has 3 heterocycles. The lowest BCUT2D eigenvalue weighted by molar-refractivity contribution is 0.00578. The van der Waals surface area contributed by atoms with E-state index in [0.717, 1.165) is 5.56 Å². The summed E-state index contributed by atoms with van der Waals surface area (Å²) in [5.74, 6) is -0.225. The van der Waals surface area contributed by atoms with E-state index in [1.54, 1.807) is 74.9 Å². The highest BCUT2D eigenvalue weighted by Crippen LogP contribution is 2.37.